The summed E-state index contributed by atoms with van der Waals surface area (Å²) in [6.07, 6.45) is 0. The van der Waals surface area contributed by atoms with Crippen LogP contribution in [-0.4, -0.2) is 10.9 Å². The van der Waals surface area contributed by atoms with E-state index in [1.54, 1.807) is 26.0 Å². The molecule has 0 aliphatic heterocycles. The molecule has 0 heterocycles. The van der Waals surface area contributed by atoms with E-state index in [-0.39, 0.29) is 23.3 Å². The van der Waals surface area contributed by atoms with E-state index in [9.17, 15) is 9.18 Å². The fourth-order valence-corrected chi connectivity index (χ4v) is 1.25. The fraction of sp³-hybridized carbons (Fsp3) is 0.333. The maximum absolute atomic E-state index is 12.9. The SMILES string of the molecule is CC(C)(C(=O)NCc1cccc(F)c1)C(N)=S. The zero-order valence-corrected chi connectivity index (χ0v) is 10.6. The van der Waals surface area contributed by atoms with Gasteiger partial charge in [0.2, 0.25) is 5.91 Å². The van der Waals surface area contributed by atoms with Crippen molar-refractivity contribution in [3.05, 3.63) is 35.6 Å². The average molecular weight is 254 g/mol. The molecule has 0 aromatic heterocycles. The van der Waals surface area contributed by atoms with Crippen LogP contribution in [0.15, 0.2) is 24.3 Å². The molecule has 0 aliphatic rings. The molecule has 1 aromatic carbocycles. The van der Waals surface area contributed by atoms with E-state index in [2.05, 4.69) is 5.32 Å². The summed E-state index contributed by atoms with van der Waals surface area (Å²) in [6.45, 7) is 3.55. The molecule has 0 radical (unpaired) electrons. The number of halogens is 1. The van der Waals surface area contributed by atoms with E-state index in [1.807, 2.05) is 0 Å². The lowest BCUT2D eigenvalue weighted by Gasteiger charge is -2.21. The van der Waals surface area contributed by atoms with E-state index in [0.717, 1.165) is 0 Å². The lowest BCUT2D eigenvalue weighted by atomic mass is 9.92. The highest BCUT2D eigenvalue weighted by Crippen LogP contribution is 2.15. The minimum atomic E-state index is -0.900. The highest BCUT2D eigenvalue weighted by atomic mass is 32.1. The number of hydrogen-bond donors (Lipinski definition) is 2. The molecule has 3 N–H and O–H groups in total. The van der Waals surface area contributed by atoms with Gasteiger partial charge in [0.25, 0.3) is 0 Å². The van der Waals surface area contributed by atoms with Crippen molar-refractivity contribution in [1.29, 1.82) is 0 Å². The van der Waals surface area contributed by atoms with Crippen LogP contribution in [0.5, 0.6) is 0 Å². The Balaban J connectivity index is 2.63. The second kappa shape index (κ2) is 5.23. The number of benzene rings is 1. The Hall–Kier alpha value is -1.49. The second-order valence-corrected chi connectivity index (χ2v) is 4.74. The van der Waals surface area contributed by atoms with Gasteiger partial charge in [-0.05, 0) is 31.5 Å². The van der Waals surface area contributed by atoms with Gasteiger partial charge in [-0.15, -0.1) is 0 Å². The molecular weight excluding hydrogens is 239 g/mol. The first-order chi connectivity index (χ1) is 7.84. The monoisotopic (exact) mass is 254 g/mol. The third-order valence-electron chi connectivity index (χ3n) is 2.53. The quantitative estimate of drug-likeness (QED) is 0.805. The number of hydrogen-bond acceptors (Lipinski definition) is 2. The number of carbonyl (C=O) groups is 1. The first kappa shape index (κ1) is 13.6. The van der Waals surface area contributed by atoms with Gasteiger partial charge in [-0.3, -0.25) is 4.79 Å². The summed E-state index contributed by atoms with van der Waals surface area (Å²) in [5.74, 6) is -0.598. The van der Waals surface area contributed by atoms with Crippen molar-refractivity contribution < 1.29 is 9.18 Å². The van der Waals surface area contributed by atoms with Gasteiger partial charge in [0.05, 0.1) is 10.4 Å². The van der Waals surface area contributed by atoms with Gasteiger partial charge in [-0.25, -0.2) is 4.39 Å². The Morgan fingerprint density at radius 2 is 2.18 bits per heavy atom. The molecule has 92 valence electrons. The Morgan fingerprint density at radius 1 is 1.53 bits per heavy atom. The number of amides is 1. The number of nitrogens with one attached hydrogen (secondary N) is 1. The average Bonchev–Trinajstić information content (AvgIpc) is 2.25. The van der Waals surface area contributed by atoms with Crippen molar-refractivity contribution in [2.45, 2.75) is 20.4 Å². The van der Waals surface area contributed by atoms with Crippen LogP contribution >= 0.6 is 12.2 Å². The lowest BCUT2D eigenvalue weighted by molar-refractivity contribution is -0.126. The summed E-state index contributed by atoms with van der Waals surface area (Å²) in [5, 5.41) is 2.67. The van der Waals surface area contributed by atoms with E-state index >= 15 is 0 Å². The van der Waals surface area contributed by atoms with Crippen molar-refractivity contribution in [3.8, 4) is 0 Å². The highest BCUT2D eigenvalue weighted by Gasteiger charge is 2.30. The molecule has 5 heteroatoms. The summed E-state index contributed by atoms with van der Waals surface area (Å²) >= 11 is 4.82. The third-order valence-corrected chi connectivity index (χ3v) is 3.04. The molecule has 3 nitrogen and oxygen atoms in total. The van der Waals surface area contributed by atoms with E-state index in [4.69, 9.17) is 18.0 Å². The van der Waals surface area contributed by atoms with Gasteiger partial charge < -0.3 is 11.1 Å². The van der Waals surface area contributed by atoms with Crippen molar-refractivity contribution >= 4 is 23.1 Å². The predicted molar refractivity (Wildman–Crippen MR) is 68.8 cm³/mol. The maximum atomic E-state index is 12.9. The van der Waals surface area contributed by atoms with Gasteiger partial charge >= 0.3 is 0 Å². The molecule has 0 bridgehead atoms. The predicted octanol–water partition coefficient (Wildman–Crippen LogP) is 1.75. The van der Waals surface area contributed by atoms with Crippen molar-refractivity contribution in [2.75, 3.05) is 0 Å². The molecule has 0 aliphatic carbocycles. The van der Waals surface area contributed by atoms with Crippen molar-refractivity contribution in [1.82, 2.24) is 5.32 Å². The van der Waals surface area contributed by atoms with Gasteiger partial charge in [0.1, 0.15) is 5.82 Å². The number of thiocarbonyl (C=S) groups is 1. The topological polar surface area (TPSA) is 55.1 Å². The molecule has 0 fully saturated rings. The molecule has 0 unspecified atom stereocenters. The zero-order chi connectivity index (χ0) is 13.1. The molecule has 0 spiro atoms. The van der Waals surface area contributed by atoms with Gasteiger partial charge in [0.15, 0.2) is 0 Å². The first-order valence-corrected chi connectivity index (χ1v) is 5.57. The van der Waals surface area contributed by atoms with Crippen molar-refractivity contribution in [2.24, 2.45) is 11.1 Å². The van der Waals surface area contributed by atoms with Crippen LogP contribution in [0.25, 0.3) is 0 Å². The standard InChI is InChI=1S/C12H15FN2OS/c1-12(2,10(14)17)11(16)15-7-8-4-3-5-9(13)6-8/h3-6H,7H2,1-2H3,(H2,14,17)(H,15,16). The summed E-state index contributed by atoms with van der Waals surface area (Å²) in [7, 11) is 0. The van der Waals surface area contributed by atoms with E-state index in [0.29, 0.717) is 5.56 Å². The molecule has 0 saturated heterocycles. The molecule has 0 atom stereocenters. The third kappa shape index (κ3) is 3.49. The summed E-state index contributed by atoms with van der Waals surface area (Å²) in [6, 6.07) is 6.05. The number of carbonyl (C=O) groups excluding carboxylic acids is 1. The highest BCUT2D eigenvalue weighted by molar-refractivity contribution is 7.80. The minimum Gasteiger partial charge on any atom is -0.392 e. The zero-order valence-electron chi connectivity index (χ0n) is 9.79. The second-order valence-electron chi connectivity index (χ2n) is 4.30. The van der Waals surface area contributed by atoms with Crippen LogP contribution in [0.4, 0.5) is 4.39 Å². The Kier molecular flexibility index (Phi) is 4.17. The van der Waals surface area contributed by atoms with Crippen LogP contribution in [0, 0.1) is 11.2 Å². The van der Waals surface area contributed by atoms with Crippen LogP contribution < -0.4 is 11.1 Å². The van der Waals surface area contributed by atoms with Gasteiger partial charge in [-0.1, -0.05) is 24.4 Å². The van der Waals surface area contributed by atoms with Crippen LogP contribution in [0.1, 0.15) is 19.4 Å². The Bertz CT molecular complexity index is 446. The van der Waals surface area contributed by atoms with Crippen LogP contribution in [0.3, 0.4) is 0 Å². The molecule has 0 saturated carbocycles. The molecular formula is C12H15FN2OS. The van der Waals surface area contributed by atoms with Crippen LogP contribution in [-0.2, 0) is 11.3 Å². The maximum Gasteiger partial charge on any atom is 0.232 e. The van der Waals surface area contributed by atoms with Gasteiger partial charge in [0, 0.05) is 6.54 Å². The largest absolute Gasteiger partial charge is 0.392 e. The fourth-order valence-electron chi connectivity index (χ4n) is 1.16. The van der Waals surface area contributed by atoms with Gasteiger partial charge in [-0.2, -0.15) is 0 Å². The smallest absolute Gasteiger partial charge is 0.232 e. The summed E-state index contributed by atoms with van der Waals surface area (Å²) < 4.78 is 12.9. The first-order valence-electron chi connectivity index (χ1n) is 5.16. The Morgan fingerprint density at radius 3 is 2.71 bits per heavy atom. The summed E-state index contributed by atoms with van der Waals surface area (Å²) in [4.78, 5) is 11.9. The molecule has 1 amide bonds. The molecule has 17 heavy (non-hydrogen) atoms. The van der Waals surface area contributed by atoms with Crippen LogP contribution in [0.2, 0.25) is 0 Å². The number of nitrogens with two attached hydrogens (primary N) is 1. The Labute approximate surface area is 105 Å². The lowest BCUT2D eigenvalue weighted by Crippen LogP contribution is -2.44. The van der Waals surface area contributed by atoms with Crippen molar-refractivity contribution in [3.63, 3.8) is 0 Å². The normalized spacial score (nSPS) is 11.0. The number of rotatable bonds is 4. The molecule has 1 rings (SSSR count). The van der Waals surface area contributed by atoms with E-state index < -0.39 is 5.41 Å². The molecule has 1 aromatic rings. The van der Waals surface area contributed by atoms with E-state index in [1.165, 1.54) is 12.1 Å². The minimum absolute atomic E-state index is 0.134. The summed E-state index contributed by atoms with van der Waals surface area (Å²) in [5.41, 5.74) is 5.27.